The average molecular weight is 346 g/mol. The van der Waals surface area contributed by atoms with E-state index in [4.69, 9.17) is 0 Å². The molecule has 0 aliphatic carbocycles. The van der Waals surface area contributed by atoms with Crippen molar-refractivity contribution in [2.45, 2.75) is 19.0 Å². The van der Waals surface area contributed by atoms with Crippen LogP contribution in [0.15, 0.2) is 41.7 Å². The summed E-state index contributed by atoms with van der Waals surface area (Å²) in [5.41, 5.74) is 1.33. The van der Waals surface area contributed by atoms with Crippen LogP contribution in [0.5, 0.6) is 0 Å². The quantitative estimate of drug-likeness (QED) is 0.781. The van der Waals surface area contributed by atoms with Gasteiger partial charge in [0.2, 0.25) is 5.91 Å². The molecule has 2 rings (SSSR count). The summed E-state index contributed by atoms with van der Waals surface area (Å²) in [7, 11) is 0. The Morgan fingerprint density at radius 1 is 1.25 bits per heavy atom. The molecule has 0 bridgehead atoms. The number of thioether (sulfide) groups is 1. The fourth-order valence-corrected chi connectivity index (χ4v) is 2.92. The third kappa shape index (κ3) is 3.97. The summed E-state index contributed by atoms with van der Waals surface area (Å²) in [6.45, 7) is 4.74. The van der Waals surface area contributed by atoms with Crippen LogP contribution < -0.4 is 5.32 Å². The number of para-hydroxylation sites is 1. The van der Waals surface area contributed by atoms with E-state index in [0.717, 1.165) is 10.8 Å². The van der Waals surface area contributed by atoms with E-state index in [1.54, 1.807) is 6.20 Å². The van der Waals surface area contributed by atoms with Gasteiger partial charge in [0.1, 0.15) is 5.69 Å². The zero-order valence-electron chi connectivity index (χ0n) is 14.2. The minimum atomic E-state index is -0.208. The topological polar surface area (TPSA) is 67.2 Å². The maximum Gasteiger partial charge on any atom is 0.272 e. The van der Waals surface area contributed by atoms with Crippen molar-refractivity contribution < 1.29 is 9.59 Å². The van der Waals surface area contributed by atoms with Crippen molar-refractivity contribution in [1.82, 2.24) is 19.8 Å². The number of rotatable bonds is 7. The lowest BCUT2D eigenvalue weighted by atomic mass is 10.3. The molecule has 1 aromatic heterocycles. The summed E-state index contributed by atoms with van der Waals surface area (Å²) in [6.07, 6.45) is 3.49. The highest BCUT2D eigenvalue weighted by Crippen LogP contribution is 2.22. The number of imidazole rings is 1. The molecule has 128 valence electrons. The summed E-state index contributed by atoms with van der Waals surface area (Å²) in [5, 5.41) is 3.45. The molecule has 7 heteroatoms. The van der Waals surface area contributed by atoms with Crippen molar-refractivity contribution in [3.8, 4) is 5.69 Å². The van der Waals surface area contributed by atoms with E-state index in [1.165, 1.54) is 16.7 Å². The lowest BCUT2D eigenvalue weighted by molar-refractivity contribution is -0.121. The Morgan fingerprint density at radius 3 is 2.54 bits per heavy atom. The zero-order chi connectivity index (χ0) is 17.5. The molecule has 0 aliphatic heterocycles. The van der Waals surface area contributed by atoms with Crippen molar-refractivity contribution >= 4 is 23.6 Å². The Balaban J connectivity index is 2.35. The van der Waals surface area contributed by atoms with Crippen molar-refractivity contribution in [3.05, 3.63) is 42.2 Å². The smallest absolute Gasteiger partial charge is 0.272 e. The van der Waals surface area contributed by atoms with Gasteiger partial charge in [-0.1, -0.05) is 30.0 Å². The van der Waals surface area contributed by atoms with Crippen LogP contribution >= 0.6 is 11.8 Å². The van der Waals surface area contributed by atoms with E-state index in [-0.39, 0.29) is 18.4 Å². The van der Waals surface area contributed by atoms with Crippen LogP contribution in [0.2, 0.25) is 0 Å². The van der Waals surface area contributed by atoms with Gasteiger partial charge in [-0.2, -0.15) is 0 Å². The Labute approximate surface area is 146 Å². The Kier molecular flexibility index (Phi) is 6.43. The Bertz CT molecular complexity index is 700. The van der Waals surface area contributed by atoms with Crippen LogP contribution in [0.4, 0.5) is 0 Å². The first-order valence-electron chi connectivity index (χ1n) is 7.85. The number of nitrogens with one attached hydrogen (secondary N) is 1. The number of amides is 2. The summed E-state index contributed by atoms with van der Waals surface area (Å²) in [6, 6.07) is 9.62. The van der Waals surface area contributed by atoms with Gasteiger partial charge < -0.3 is 10.2 Å². The van der Waals surface area contributed by atoms with E-state index in [1.807, 2.05) is 55.0 Å². The fourth-order valence-electron chi connectivity index (χ4n) is 2.37. The van der Waals surface area contributed by atoms with Gasteiger partial charge in [-0.15, -0.1) is 0 Å². The van der Waals surface area contributed by atoms with Gasteiger partial charge in [-0.05, 0) is 32.2 Å². The maximum atomic E-state index is 12.9. The number of hydrogen-bond acceptors (Lipinski definition) is 4. The highest BCUT2D eigenvalue weighted by atomic mass is 32.2. The van der Waals surface area contributed by atoms with Gasteiger partial charge in [0.15, 0.2) is 5.16 Å². The van der Waals surface area contributed by atoms with Gasteiger partial charge in [-0.3, -0.25) is 14.2 Å². The molecule has 0 saturated heterocycles. The van der Waals surface area contributed by atoms with Gasteiger partial charge in [0.05, 0.1) is 12.7 Å². The third-order valence-electron chi connectivity index (χ3n) is 3.52. The number of benzene rings is 1. The second kappa shape index (κ2) is 8.54. The number of hydrogen-bond donors (Lipinski definition) is 1. The van der Waals surface area contributed by atoms with Crippen LogP contribution in [0.25, 0.3) is 5.69 Å². The second-order valence-corrected chi connectivity index (χ2v) is 5.85. The van der Waals surface area contributed by atoms with Gasteiger partial charge >= 0.3 is 0 Å². The molecule has 0 saturated carbocycles. The number of carbonyl (C=O) groups excluding carboxylic acids is 2. The predicted molar refractivity (Wildman–Crippen MR) is 95.6 cm³/mol. The van der Waals surface area contributed by atoms with Gasteiger partial charge in [-0.25, -0.2) is 4.98 Å². The lowest BCUT2D eigenvalue weighted by Crippen LogP contribution is -2.41. The van der Waals surface area contributed by atoms with Gasteiger partial charge in [0.25, 0.3) is 5.91 Å². The van der Waals surface area contributed by atoms with E-state index >= 15 is 0 Å². The predicted octanol–water partition coefficient (Wildman–Crippen LogP) is 2.19. The summed E-state index contributed by atoms with van der Waals surface area (Å²) >= 11 is 1.47. The maximum absolute atomic E-state index is 12.9. The molecule has 0 atom stereocenters. The SMILES string of the molecule is CCNC(=O)CN(CC)C(=O)c1cnc(SC)n1-c1ccccc1. The van der Waals surface area contributed by atoms with E-state index in [2.05, 4.69) is 10.3 Å². The van der Waals surface area contributed by atoms with Crippen LogP contribution in [-0.2, 0) is 4.79 Å². The minimum Gasteiger partial charge on any atom is -0.355 e. The molecular weight excluding hydrogens is 324 g/mol. The van der Waals surface area contributed by atoms with Crippen LogP contribution in [0.1, 0.15) is 24.3 Å². The van der Waals surface area contributed by atoms with Crippen molar-refractivity contribution in [2.75, 3.05) is 25.9 Å². The van der Waals surface area contributed by atoms with E-state index in [9.17, 15) is 9.59 Å². The average Bonchev–Trinajstić information content (AvgIpc) is 3.04. The standard InChI is InChI=1S/C17H22N4O2S/c1-4-18-15(22)12-20(5-2)16(23)14-11-19-17(24-3)21(14)13-9-7-6-8-10-13/h6-11H,4-5,12H2,1-3H3,(H,18,22). The number of nitrogens with zero attached hydrogens (tertiary/aromatic N) is 3. The molecule has 0 fully saturated rings. The molecule has 2 amide bonds. The van der Waals surface area contributed by atoms with Crippen molar-refractivity contribution in [1.29, 1.82) is 0 Å². The summed E-state index contributed by atoms with van der Waals surface area (Å²) < 4.78 is 1.83. The summed E-state index contributed by atoms with van der Waals surface area (Å²) in [5.74, 6) is -0.371. The first-order chi connectivity index (χ1) is 11.6. The van der Waals surface area contributed by atoms with E-state index in [0.29, 0.717) is 18.8 Å². The molecule has 0 spiro atoms. The second-order valence-electron chi connectivity index (χ2n) is 5.07. The third-order valence-corrected chi connectivity index (χ3v) is 4.18. The molecule has 24 heavy (non-hydrogen) atoms. The number of carbonyl (C=O) groups is 2. The first kappa shape index (κ1) is 18.1. The van der Waals surface area contributed by atoms with Crippen LogP contribution in [0.3, 0.4) is 0 Å². The first-order valence-corrected chi connectivity index (χ1v) is 9.07. The van der Waals surface area contributed by atoms with Crippen molar-refractivity contribution in [3.63, 3.8) is 0 Å². The molecule has 6 nitrogen and oxygen atoms in total. The molecule has 0 unspecified atom stereocenters. The van der Waals surface area contributed by atoms with Crippen molar-refractivity contribution in [2.24, 2.45) is 0 Å². The molecule has 0 aliphatic rings. The molecule has 1 heterocycles. The number of likely N-dealkylation sites (N-methyl/N-ethyl adjacent to an activating group) is 2. The zero-order valence-corrected chi connectivity index (χ0v) is 15.0. The molecule has 1 N–H and O–H groups in total. The monoisotopic (exact) mass is 346 g/mol. The molecule has 1 aromatic carbocycles. The molecule has 0 radical (unpaired) electrons. The lowest BCUT2D eigenvalue weighted by Gasteiger charge is -2.21. The van der Waals surface area contributed by atoms with Crippen LogP contribution in [-0.4, -0.2) is 52.2 Å². The largest absolute Gasteiger partial charge is 0.355 e. The Morgan fingerprint density at radius 2 is 1.96 bits per heavy atom. The molecular formula is C17H22N4O2S. The van der Waals surface area contributed by atoms with E-state index < -0.39 is 0 Å². The fraction of sp³-hybridized carbons (Fsp3) is 0.353. The van der Waals surface area contributed by atoms with Gasteiger partial charge in [0, 0.05) is 18.8 Å². The normalized spacial score (nSPS) is 10.5. The molecule has 2 aromatic rings. The minimum absolute atomic E-state index is 0.0394. The number of aromatic nitrogens is 2. The highest BCUT2D eigenvalue weighted by molar-refractivity contribution is 7.98. The van der Waals surface area contributed by atoms with Crippen LogP contribution in [0, 0.1) is 0 Å². The Hall–Kier alpha value is -2.28. The highest BCUT2D eigenvalue weighted by Gasteiger charge is 2.23. The summed E-state index contributed by atoms with van der Waals surface area (Å²) in [4.78, 5) is 30.6.